The van der Waals surface area contributed by atoms with E-state index in [0.29, 0.717) is 23.7 Å². The van der Waals surface area contributed by atoms with Crippen LogP contribution in [0.15, 0.2) is 46.2 Å². The minimum atomic E-state index is -0.954. The van der Waals surface area contributed by atoms with Crippen molar-refractivity contribution in [3.8, 4) is 0 Å². The summed E-state index contributed by atoms with van der Waals surface area (Å²) in [7, 11) is 1.57. The Morgan fingerprint density at radius 2 is 2.03 bits per heavy atom. The molecule has 0 saturated heterocycles. The number of rotatable bonds is 3. The summed E-state index contributed by atoms with van der Waals surface area (Å²) in [5, 5.41) is 10.4. The Bertz CT molecular complexity index is 1370. The van der Waals surface area contributed by atoms with E-state index in [2.05, 4.69) is 20.6 Å². The Kier molecular flexibility index (Phi) is 3.99. The van der Waals surface area contributed by atoms with Gasteiger partial charge in [0, 0.05) is 24.4 Å². The molecule has 150 valence electrons. The summed E-state index contributed by atoms with van der Waals surface area (Å²) in [6, 6.07) is 6.32. The topological polar surface area (TPSA) is 85.3 Å². The quantitative estimate of drug-likeness (QED) is 0.561. The number of aliphatic imine (C=N–C) groups is 1. The lowest BCUT2D eigenvalue weighted by atomic mass is 10.00. The molecule has 1 N–H and O–H groups in total. The molecule has 1 aliphatic rings. The van der Waals surface area contributed by atoms with Gasteiger partial charge in [0.1, 0.15) is 23.0 Å². The molecular formula is C21H15F2N5O2. The number of benzene rings is 2. The van der Waals surface area contributed by atoms with Gasteiger partial charge < -0.3 is 9.84 Å². The molecule has 7 nitrogen and oxygen atoms in total. The number of halogens is 2. The van der Waals surface area contributed by atoms with Crippen LogP contribution >= 0.6 is 0 Å². The van der Waals surface area contributed by atoms with Crippen LogP contribution in [0.1, 0.15) is 32.8 Å². The molecule has 4 aromatic rings. The van der Waals surface area contributed by atoms with Crippen molar-refractivity contribution >= 4 is 28.2 Å². The zero-order chi connectivity index (χ0) is 21.0. The van der Waals surface area contributed by atoms with Gasteiger partial charge in [0.25, 0.3) is 5.91 Å². The third kappa shape index (κ3) is 2.70. The molecule has 0 aliphatic carbocycles. The van der Waals surface area contributed by atoms with Gasteiger partial charge in [0.2, 0.25) is 0 Å². The van der Waals surface area contributed by atoms with Gasteiger partial charge in [-0.25, -0.2) is 8.78 Å². The summed E-state index contributed by atoms with van der Waals surface area (Å²) in [6.45, 7) is 2.28. The number of hydrogen-bond donors (Lipinski definition) is 1. The largest absolute Gasteiger partial charge is 0.361 e. The highest BCUT2D eigenvalue weighted by atomic mass is 19.1. The average Bonchev–Trinajstić information content (AvgIpc) is 3.41. The summed E-state index contributed by atoms with van der Waals surface area (Å²) in [4.78, 5) is 17.2. The van der Waals surface area contributed by atoms with Crippen molar-refractivity contribution in [2.75, 3.05) is 5.32 Å². The first-order valence-electron chi connectivity index (χ1n) is 9.14. The van der Waals surface area contributed by atoms with Crippen molar-refractivity contribution in [2.24, 2.45) is 12.0 Å². The number of amides is 1. The smallest absolute Gasteiger partial charge is 0.261 e. The maximum absolute atomic E-state index is 14.8. The Hall–Kier alpha value is -3.88. The van der Waals surface area contributed by atoms with Gasteiger partial charge in [-0.3, -0.25) is 14.5 Å². The van der Waals surface area contributed by atoms with Gasteiger partial charge in [-0.2, -0.15) is 5.10 Å². The molecule has 2 aromatic carbocycles. The molecule has 0 unspecified atom stereocenters. The van der Waals surface area contributed by atoms with E-state index in [1.807, 2.05) is 6.07 Å². The zero-order valence-corrected chi connectivity index (χ0v) is 16.0. The van der Waals surface area contributed by atoms with Crippen LogP contribution in [-0.4, -0.2) is 26.6 Å². The van der Waals surface area contributed by atoms with Crippen molar-refractivity contribution in [2.45, 2.75) is 13.5 Å². The number of anilines is 1. The van der Waals surface area contributed by atoms with Crippen LogP contribution in [-0.2, 0) is 13.6 Å². The van der Waals surface area contributed by atoms with E-state index in [1.54, 1.807) is 32.3 Å². The fourth-order valence-corrected chi connectivity index (χ4v) is 3.64. The monoisotopic (exact) mass is 407 g/mol. The van der Waals surface area contributed by atoms with Crippen LogP contribution in [0.25, 0.3) is 10.9 Å². The number of fused-ring (bicyclic) bond motifs is 2. The van der Waals surface area contributed by atoms with Crippen LogP contribution in [0.4, 0.5) is 14.5 Å². The molecule has 2 aromatic heterocycles. The lowest BCUT2D eigenvalue weighted by Gasteiger charge is -2.10. The van der Waals surface area contributed by atoms with E-state index in [1.165, 1.54) is 10.9 Å². The number of hydrogen-bond acceptors (Lipinski definition) is 5. The molecule has 1 aliphatic heterocycles. The summed E-state index contributed by atoms with van der Waals surface area (Å²) < 4.78 is 35.8. The molecular weight excluding hydrogens is 392 g/mol. The maximum atomic E-state index is 14.8. The van der Waals surface area contributed by atoms with Crippen molar-refractivity contribution in [1.29, 1.82) is 0 Å². The predicted octanol–water partition coefficient (Wildman–Crippen LogP) is 3.75. The van der Waals surface area contributed by atoms with Gasteiger partial charge in [0.05, 0.1) is 41.1 Å². The second kappa shape index (κ2) is 6.58. The lowest BCUT2D eigenvalue weighted by molar-refractivity contribution is 0.101. The number of carbonyl (C=O) groups excluding carboxylic acids is 1. The van der Waals surface area contributed by atoms with E-state index in [9.17, 15) is 13.6 Å². The number of aromatic nitrogens is 3. The van der Waals surface area contributed by atoms with Gasteiger partial charge in [0.15, 0.2) is 0 Å². The van der Waals surface area contributed by atoms with Crippen molar-refractivity contribution in [3.05, 3.63) is 76.3 Å². The Morgan fingerprint density at radius 1 is 1.20 bits per heavy atom. The van der Waals surface area contributed by atoms with E-state index >= 15 is 0 Å². The molecule has 30 heavy (non-hydrogen) atoms. The molecule has 3 heterocycles. The van der Waals surface area contributed by atoms with Crippen molar-refractivity contribution < 1.29 is 18.1 Å². The molecule has 0 atom stereocenters. The summed E-state index contributed by atoms with van der Waals surface area (Å²) in [5.74, 6) is -2.15. The molecule has 1 amide bonds. The van der Waals surface area contributed by atoms with E-state index in [0.717, 1.165) is 22.8 Å². The van der Waals surface area contributed by atoms with E-state index in [-0.39, 0.29) is 10.9 Å². The molecule has 5 rings (SSSR count). The Labute approximate surface area is 169 Å². The second-order valence-corrected chi connectivity index (χ2v) is 7.03. The minimum absolute atomic E-state index is 0.0790. The Balaban J connectivity index is 1.49. The first-order valence-corrected chi connectivity index (χ1v) is 9.14. The van der Waals surface area contributed by atoms with Gasteiger partial charge in [-0.15, -0.1) is 0 Å². The SMILES string of the molecule is Cc1oncc1C1=NCc2ccc(NC(=O)c3c(F)cc4c(cnn4C)c3F)cc21. The van der Waals surface area contributed by atoms with Crippen LogP contribution in [0.2, 0.25) is 0 Å². The van der Waals surface area contributed by atoms with Crippen LogP contribution in [0.3, 0.4) is 0 Å². The van der Waals surface area contributed by atoms with Crippen LogP contribution in [0, 0.1) is 18.6 Å². The average molecular weight is 407 g/mol. The van der Waals surface area contributed by atoms with E-state index in [4.69, 9.17) is 4.52 Å². The predicted molar refractivity (Wildman–Crippen MR) is 106 cm³/mol. The van der Waals surface area contributed by atoms with Gasteiger partial charge in [-0.1, -0.05) is 11.2 Å². The van der Waals surface area contributed by atoms with Crippen LogP contribution < -0.4 is 5.32 Å². The number of carbonyl (C=O) groups is 1. The lowest BCUT2D eigenvalue weighted by Crippen LogP contribution is -2.16. The molecule has 9 heteroatoms. The zero-order valence-electron chi connectivity index (χ0n) is 16.0. The third-order valence-electron chi connectivity index (χ3n) is 5.21. The standard InChI is InChI=1S/C21H15F2N5O2/c1-10-14(9-26-30-10)20-13-5-12(4-3-11(13)7-24-20)27-21(29)18-16(22)6-17-15(19(18)23)8-25-28(17)2/h3-6,8-9H,7H2,1-2H3,(H,27,29). The number of aryl methyl sites for hydroxylation is 2. The third-order valence-corrected chi connectivity index (χ3v) is 5.21. The fourth-order valence-electron chi connectivity index (χ4n) is 3.64. The van der Waals surface area contributed by atoms with E-state index < -0.39 is 23.1 Å². The molecule has 0 spiro atoms. The molecule has 0 saturated carbocycles. The minimum Gasteiger partial charge on any atom is -0.361 e. The summed E-state index contributed by atoms with van der Waals surface area (Å²) in [6.07, 6.45) is 2.85. The summed E-state index contributed by atoms with van der Waals surface area (Å²) >= 11 is 0. The normalized spacial score (nSPS) is 12.9. The second-order valence-electron chi connectivity index (χ2n) is 7.03. The van der Waals surface area contributed by atoms with Crippen LogP contribution in [0.5, 0.6) is 0 Å². The number of nitrogens with zero attached hydrogens (tertiary/aromatic N) is 4. The highest BCUT2D eigenvalue weighted by molar-refractivity contribution is 6.16. The highest BCUT2D eigenvalue weighted by Gasteiger charge is 2.24. The maximum Gasteiger partial charge on any atom is 0.261 e. The van der Waals surface area contributed by atoms with Gasteiger partial charge in [-0.05, 0) is 24.6 Å². The van der Waals surface area contributed by atoms with Gasteiger partial charge >= 0.3 is 0 Å². The molecule has 0 radical (unpaired) electrons. The molecule has 0 bridgehead atoms. The summed E-state index contributed by atoms with van der Waals surface area (Å²) in [5.41, 5.74) is 3.25. The first-order chi connectivity index (χ1) is 14.4. The first kappa shape index (κ1) is 18.2. The van der Waals surface area contributed by atoms with Crippen molar-refractivity contribution in [3.63, 3.8) is 0 Å². The fraction of sp³-hybridized carbons (Fsp3) is 0.143. The van der Waals surface area contributed by atoms with Crippen molar-refractivity contribution in [1.82, 2.24) is 14.9 Å². The highest BCUT2D eigenvalue weighted by Crippen LogP contribution is 2.29. The molecule has 0 fully saturated rings. The number of nitrogens with one attached hydrogen (secondary N) is 1. The Morgan fingerprint density at radius 3 is 2.80 bits per heavy atom.